The van der Waals surface area contributed by atoms with Crippen molar-refractivity contribution in [2.45, 2.75) is 88.4 Å². The highest BCUT2D eigenvalue weighted by atomic mass is 32.5. The number of rotatable bonds is 35. The quantitative estimate of drug-likeness (QED) is 0.0346. The molecule has 3 fully saturated rings. The summed E-state index contributed by atoms with van der Waals surface area (Å²) in [7, 11) is 0. The van der Waals surface area contributed by atoms with E-state index in [1.807, 2.05) is 13.8 Å². The van der Waals surface area contributed by atoms with Crippen molar-refractivity contribution >= 4 is 41.9 Å². The van der Waals surface area contributed by atoms with Crippen molar-refractivity contribution in [1.29, 1.82) is 0 Å². The van der Waals surface area contributed by atoms with Gasteiger partial charge in [0.25, 0.3) is 0 Å². The molecule has 3 saturated carbocycles. The van der Waals surface area contributed by atoms with E-state index in [1.165, 1.54) is 0 Å². The second-order valence-corrected chi connectivity index (χ2v) is 18.5. The fourth-order valence-electron chi connectivity index (χ4n) is 6.52. The average Bonchev–Trinajstić information content (AvgIpc) is 3.16. The highest BCUT2D eigenvalue weighted by molar-refractivity contribution is 8.09. The molecule has 0 radical (unpaired) electrons. The van der Waals surface area contributed by atoms with E-state index in [1.54, 1.807) is 0 Å². The van der Waals surface area contributed by atoms with Crippen molar-refractivity contribution in [1.82, 2.24) is 21.3 Å². The number of terminal acetylenes is 3. The van der Waals surface area contributed by atoms with Crippen LogP contribution in [-0.2, 0) is 63.9 Å². The third kappa shape index (κ3) is 19.3. The Morgan fingerprint density at radius 2 is 1.00 bits per heavy atom. The number of nitrogens with one attached hydrogen (secondary N) is 4. The van der Waals surface area contributed by atoms with Crippen molar-refractivity contribution in [2.24, 2.45) is 5.41 Å². The Kier molecular flexibility index (Phi) is 24.3. The lowest BCUT2D eigenvalue weighted by atomic mass is 9.41. The Bertz CT molecular complexity index is 1340. The summed E-state index contributed by atoms with van der Waals surface area (Å²) in [5.74, 6) is 6.01. The molecule has 2 bridgehead atoms. The normalized spacial score (nSPS) is 19.0. The van der Waals surface area contributed by atoms with Gasteiger partial charge in [-0.25, -0.2) is 0 Å². The molecule has 0 aliphatic heterocycles. The number of hydrogen-bond acceptors (Lipinski definition) is 12. The van der Waals surface area contributed by atoms with E-state index in [-0.39, 0.29) is 127 Å². The van der Waals surface area contributed by atoms with E-state index in [0.29, 0.717) is 58.9 Å². The lowest BCUT2D eigenvalue weighted by Crippen LogP contribution is -2.74. The number of hydrogen-bond donors (Lipinski definition) is 5. The van der Waals surface area contributed by atoms with Crippen LogP contribution in [0.1, 0.15) is 71.6 Å². The average molecular weight is 855 g/mol. The summed E-state index contributed by atoms with van der Waals surface area (Å²) in [5, 5.41) is 11.7. The van der Waals surface area contributed by atoms with E-state index in [0.717, 1.165) is 0 Å². The molecule has 5 N–H and O–H groups in total. The molecule has 1 atom stereocenters. The maximum Gasteiger partial charge on any atom is 0.226 e. The third-order valence-electron chi connectivity index (χ3n) is 9.69. The van der Waals surface area contributed by atoms with Gasteiger partial charge in [0.1, 0.15) is 19.8 Å². The summed E-state index contributed by atoms with van der Waals surface area (Å²) < 4.78 is 38.0. The Labute approximate surface area is 349 Å². The first-order valence-electron chi connectivity index (χ1n) is 19.7. The molecule has 0 aromatic heterocycles. The number of amides is 4. The molecule has 16 nitrogen and oxygen atoms in total. The molecule has 58 heavy (non-hydrogen) atoms. The van der Waals surface area contributed by atoms with Crippen LogP contribution in [0.5, 0.6) is 0 Å². The van der Waals surface area contributed by atoms with Crippen LogP contribution in [0.3, 0.4) is 0 Å². The molecule has 326 valence electrons. The molecule has 1 unspecified atom stereocenters. The standard InChI is InChI=1S/C40H63N4O12PS/c1-6-18-50-24-27-53-21-15-41-34(45)9-12-39(13-10-35(46)42-16-22-54-28-25-51-19-7-2,14-11-36(47)43-17-23-55-29-26-52-20-8-3)44-37(48)38-30-40(31-38,32-38)56-57(49,58)33(4)5/h1-3,33H,9-32H2,4-5H3,(H,41,45)(H,42,46)(H,43,47)(H,44,48)(H,49,58). The third-order valence-corrected chi connectivity index (χ3v) is 13.1. The van der Waals surface area contributed by atoms with Crippen LogP contribution in [-0.4, -0.2) is 144 Å². The summed E-state index contributed by atoms with van der Waals surface area (Å²) in [6.45, 7) is 4.56. The van der Waals surface area contributed by atoms with Gasteiger partial charge in [0.05, 0.1) is 70.5 Å². The number of carbonyl (C=O) groups is 4. The molecule has 0 aromatic carbocycles. The number of ether oxygens (including phenoxy) is 6. The largest absolute Gasteiger partial charge is 0.377 e. The van der Waals surface area contributed by atoms with Gasteiger partial charge in [-0.3, -0.25) is 19.2 Å². The van der Waals surface area contributed by atoms with Gasteiger partial charge in [-0.15, -0.1) is 19.3 Å². The summed E-state index contributed by atoms with van der Waals surface area (Å²) >= 11 is 5.38. The van der Waals surface area contributed by atoms with E-state index < -0.39 is 23.0 Å². The lowest BCUT2D eigenvalue weighted by Gasteiger charge is -2.69. The van der Waals surface area contributed by atoms with Crippen molar-refractivity contribution in [3.05, 3.63) is 0 Å². The zero-order chi connectivity index (χ0) is 42.8. The first-order valence-corrected chi connectivity index (χ1v) is 22.4. The molecule has 3 rings (SSSR count). The van der Waals surface area contributed by atoms with Crippen LogP contribution >= 0.6 is 6.49 Å². The van der Waals surface area contributed by atoms with Crippen molar-refractivity contribution in [3.8, 4) is 37.0 Å². The first kappa shape index (κ1) is 51.0. The summed E-state index contributed by atoms with van der Waals surface area (Å²) in [6.07, 6.45) is 17.1. The predicted octanol–water partition coefficient (Wildman–Crippen LogP) is 1.18. The van der Waals surface area contributed by atoms with E-state index in [4.69, 9.17) is 64.0 Å². The van der Waals surface area contributed by atoms with Gasteiger partial charge in [0.2, 0.25) is 23.6 Å². The van der Waals surface area contributed by atoms with E-state index in [9.17, 15) is 24.1 Å². The highest BCUT2D eigenvalue weighted by Crippen LogP contribution is 2.73. The van der Waals surface area contributed by atoms with E-state index >= 15 is 0 Å². The van der Waals surface area contributed by atoms with Gasteiger partial charge in [0.15, 0.2) is 6.49 Å². The summed E-state index contributed by atoms with van der Waals surface area (Å²) in [5.41, 5.74) is -2.73. The van der Waals surface area contributed by atoms with Crippen molar-refractivity contribution < 1.29 is 57.0 Å². The molecule has 0 saturated heterocycles. The highest BCUT2D eigenvalue weighted by Gasteiger charge is 2.74. The fraction of sp³-hybridized carbons (Fsp3) is 0.750. The van der Waals surface area contributed by atoms with Crippen LogP contribution in [0.2, 0.25) is 0 Å². The Balaban J connectivity index is 2.12. The van der Waals surface area contributed by atoms with Gasteiger partial charge in [-0.2, -0.15) is 0 Å². The minimum atomic E-state index is -3.04. The maximum absolute atomic E-state index is 14.1. The first-order chi connectivity index (χ1) is 27.8. The molecule has 18 heteroatoms. The molecule has 0 aromatic rings. The molecule has 3 aliphatic rings. The van der Waals surface area contributed by atoms with Crippen LogP contribution < -0.4 is 21.3 Å². The second-order valence-electron chi connectivity index (χ2n) is 14.6. The molecule has 3 aliphatic carbocycles. The maximum atomic E-state index is 14.1. The Hall–Kier alpha value is -3.11. The Morgan fingerprint density at radius 1 is 0.655 bits per heavy atom. The molecular weight excluding hydrogens is 791 g/mol. The fourth-order valence-corrected chi connectivity index (χ4v) is 7.95. The number of carbonyl (C=O) groups excluding carboxylic acids is 4. The minimum Gasteiger partial charge on any atom is -0.377 e. The van der Waals surface area contributed by atoms with Gasteiger partial charge in [-0.1, -0.05) is 31.6 Å². The van der Waals surface area contributed by atoms with Crippen LogP contribution in [0.4, 0.5) is 0 Å². The smallest absolute Gasteiger partial charge is 0.226 e. The van der Waals surface area contributed by atoms with Gasteiger partial charge in [0, 0.05) is 50.1 Å². The second kappa shape index (κ2) is 27.6. The lowest BCUT2D eigenvalue weighted by molar-refractivity contribution is -0.237. The van der Waals surface area contributed by atoms with Gasteiger partial charge >= 0.3 is 0 Å². The molecular formula is C40H63N4O12PS. The summed E-state index contributed by atoms with van der Waals surface area (Å²) in [6, 6.07) is 0. The Morgan fingerprint density at radius 3 is 1.33 bits per heavy atom. The minimum absolute atomic E-state index is 0.00186. The molecule has 0 spiro atoms. The zero-order valence-electron chi connectivity index (χ0n) is 34.1. The van der Waals surface area contributed by atoms with Crippen LogP contribution in [0, 0.1) is 42.4 Å². The van der Waals surface area contributed by atoms with E-state index in [2.05, 4.69) is 39.0 Å². The van der Waals surface area contributed by atoms with Crippen LogP contribution in [0.25, 0.3) is 0 Å². The monoisotopic (exact) mass is 854 g/mol. The van der Waals surface area contributed by atoms with Crippen LogP contribution in [0.15, 0.2) is 0 Å². The topological polar surface area (TPSA) is 201 Å². The molecule has 0 heterocycles. The predicted molar refractivity (Wildman–Crippen MR) is 221 cm³/mol. The summed E-state index contributed by atoms with van der Waals surface area (Å²) in [4.78, 5) is 64.2. The SMILES string of the molecule is C#CCOCCOCCNC(=O)CCC(CCC(=O)NCCOCCOCC#C)(CCC(=O)NCCOCCOCC#C)NC(=O)C12CC(OP(O)(=S)C(C)C)(C1)C2. The van der Waals surface area contributed by atoms with Gasteiger partial charge in [-0.05, 0) is 50.3 Å². The van der Waals surface area contributed by atoms with Crippen molar-refractivity contribution in [3.63, 3.8) is 0 Å². The van der Waals surface area contributed by atoms with Crippen molar-refractivity contribution in [2.75, 3.05) is 98.9 Å². The van der Waals surface area contributed by atoms with Gasteiger partial charge < -0.3 is 59.1 Å². The zero-order valence-corrected chi connectivity index (χ0v) is 35.8. The molecule has 4 amide bonds.